The van der Waals surface area contributed by atoms with E-state index in [1.165, 1.54) is 0 Å². The van der Waals surface area contributed by atoms with E-state index >= 15 is 0 Å². The van der Waals surface area contributed by atoms with E-state index in [0.717, 1.165) is 10.0 Å². The van der Waals surface area contributed by atoms with Crippen LogP contribution in [0.5, 0.6) is 5.75 Å². The summed E-state index contributed by atoms with van der Waals surface area (Å²) in [7, 11) is 1.71. The number of rotatable bonds is 7. The van der Waals surface area contributed by atoms with Crippen molar-refractivity contribution in [3.05, 3.63) is 64.6 Å². The Bertz CT molecular complexity index is 674. The third-order valence-corrected chi connectivity index (χ3v) is 3.84. The van der Waals surface area contributed by atoms with Crippen molar-refractivity contribution in [1.29, 1.82) is 0 Å². The van der Waals surface area contributed by atoms with Crippen molar-refractivity contribution in [3.8, 4) is 5.75 Å². The number of carbonyl (C=O) groups is 2. The van der Waals surface area contributed by atoms with Gasteiger partial charge >= 0.3 is 0 Å². The van der Waals surface area contributed by atoms with E-state index in [4.69, 9.17) is 4.74 Å². The van der Waals surface area contributed by atoms with Gasteiger partial charge in [0, 0.05) is 18.1 Å². The lowest BCUT2D eigenvalue weighted by molar-refractivity contribution is -0.132. The van der Waals surface area contributed by atoms with Crippen LogP contribution < -0.4 is 10.1 Å². The predicted molar refractivity (Wildman–Crippen MR) is 95.6 cm³/mol. The van der Waals surface area contributed by atoms with E-state index in [1.54, 1.807) is 24.1 Å². The first-order valence-corrected chi connectivity index (χ1v) is 8.27. The van der Waals surface area contributed by atoms with Gasteiger partial charge in [0.15, 0.2) is 6.61 Å². The maximum absolute atomic E-state index is 12.1. The summed E-state index contributed by atoms with van der Waals surface area (Å²) in [6.45, 7) is 0.320. The molecule has 0 fully saturated rings. The smallest absolute Gasteiger partial charge is 0.258 e. The van der Waals surface area contributed by atoms with Gasteiger partial charge in [0.2, 0.25) is 5.91 Å². The molecule has 0 saturated carbocycles. The van der Waals surface area contributed by atoms with Crippen molar-refractivity contribution in [2.45, 2.75) is 6.54 Å². The lowest BCUT2D eigenvalue weighted by atomic mass is 10.2. The fourth-order valence-electron chi connectivity index (χ4n) is 1.98. The number of nitrogens with one attached hydrogen (secondary N) is 1. The molecule has 126 valence electrons. The van der Waals surface area contributed by atoms with Gasteiger partial charge in [-0.15, -0.1) is 0 Å². The molecule has 0 aliphatic heterocycles. The molecule has 0 aliphatic rings. The maximum atomic E-state index is 12.1. The molecule has 2 rings (SSSR count). The van der Waals surface area contributed by atoms with Crippen molar-refractivity contribution >= 4 is 27.7 Å². The summed E-state index contributed by atoms with van der Waals surface area (Å²) in [5.74, 6) is 0.126. The first-order chi connectivity index (χ1) is 11.5. The molecule has 0 spiro atoms. The molecule has 1 N–H and O–H groups in total. The van der Waals surface area contributed by atoms with Gasteiger partial charge in [-0.25, -0.2) is 0 Å². The van der Waals surface area contributed by atoms with Gasteiger partial charge in [0.05, 0.1) is 6.54 Å². The molecule has 24 heavy (non-hydrogen) atoms. The fourth-order valence-corrected chi connectivity index (χ4v) is 2.24. The monoisotopic (exact) mass is 390 g/mol. The Hall–Kier alpha value is -2.34. The minimum Gasteiger partial charge on any atom is -0.484 e. The maximum Gasteiger partial charge on any atom is 0.258 e. The number of ether oxygens (including phenoxy) is 1. The summed E-state index contributed by atoms with van der Waals surface area (Å²) in [5.41, 5.74) is 1.02. The van der Waals surface area contributed by atoms with Crippen LogP contribution in [0.15, 0.2) is 59.1 Å². The highest BCUT2D eigenvalue weighted by Gasteiger charge is 2.11. The van der Waals surface area contributed by atoms with Crippen LogP contribution in [0.4, 0.5) is 0 Å². The number of nitrogens with zero attached hydrogens (tertiary/aromatic N) is 1. The van der Waals surface area contributed by atoms with Crippen LogP contribution in [0.2, 0.25) is 0 Å². The van der Waals surface area contributed by atoms with E-state index in [-0.39, 0.29) is 25.0 Å². The summed E-state index contributed by atoms with van der Waals surface area (Å²) in [4.78, 5) is 25.4. The Morgan fingerprint density at radius 2 is 1.75 bits per heavy atom. The van der Waals surface area contributed by atoms with Crippen molar-refractivity contribution in [2.24, 2.45) is 0 Å². The summed E-state index contributed by atoms with van der Waals surface area (Å²) in [6.07, 6.45) is 0. The Labute approximate surface area is 149 Å². The van der Waals surface area contributed by atoms with Crippen molar-refractivity contribution in [1.82, 2.24) is 10.2 Å². The SMILES string of the molecule is CN(Cc1ccc(Br)cc1)C(=O)CNC(=O)COc1ccccc1. The summed E-state index contributed by atoms with van der Waals surface area (Å²) in [6, 6.07) is 16.8. The number of hydrogen-bond acceptors (Lipinski definition) is 3. The third-order valence-electron chi connectivity index (χ3n) is 3.31. The van der Waals surface area contributed by atoms with Crippen LogP contribution in [-0.4, -0.2) is 36.9 Å². The molecule has 2 amide bonds. The van der Waals surface area contributed by atoms with Crippen LogP contribution in [0.1, 0.15) is 5.56 Å². The minimum absolute atomic E-state index is 0.0516. The fraction of sp³-hybridized carbons (Fsp3) is 0.222. The van der Waals surface area contributed by atoms with Crippen LogP contribution in [0.25, 0.3) is 0 Å². The number of carbonyl (C=O) groups excluding carboxylic acids is 2. The van der Waals surface area contributed by atoms with Crippen LogP contribution in [0.3, 0.4) is 0 Å². The lowest BCUT2D eigenvalue weighted by Crippen LogP contribution is -2.39. The van der Waals surface area contributed by atoms with Crippen LogP contribution in [0, 0.1) is 0 Å². The number of likely N-dealkylation sites (N-methyl/N-ethyl adjacent to an activating group) is 1. The van der Waals surface area contributed by atoms with E-state index in [2.05, 4.69) is 21.2 Å². The average molecular weight is 391 g/mol. The van der Waals surface area contributed by atoms with Gasteiger partial charge in [-0.3, -0.25) is 9.59 Å². The van der Waals surface area contributed by atoms with Gasteiger partial charge < -0.3 is 15.0 Å². The molecule has 0 unspecified atom stereocenters. The highest BCUT2D eigenvalue weighted by atomic mass is 79.9. The number of para-hydroxylation sites is 1. The average Bonchev–Trinajstić information content (AvgIpc) is 2.60. The van der Waals surface area contributed by atoms with Crippen LogP contribution >= 0.6 is 15.9 Å². The van der Waals surface area contributed by atoms with Gasteiger partial charge in [-0.1, -0.05) is 46.3 Å². The van der Waals surface area contributed by atoms with E-state index in [1.807, 2.05) is 42.5 Å². The largest absolute Gasteiger partial charge is 0.484 e. The standard InChI is InChI=1S/C18H19BrN2O3/c1-21(12-14-7-9-15(19)10-8-14)18(23)11-20-17(22)13-24-16-5-3-2-4-6-16/h2-10H,11-13H2,1H3,(H,20,22). The zero-order chi connectivity index (χ0) is 17.4. The molecule has 0 radical (unpaired) electrons. The van der Waals surface area contributed by atoms with E-state index < -0.39 is 0 Å². The van der Waals surface area contributed by atoms with Crippen LogP contribution in [-0.2, 0) is 16.1 Å². The van der Waals surface area contributed by atoms with Gasteiger partial charge in [-0.05, 0) is 29.8 Å². The summed E-state index contributed by atoms with van der Waals surface area (Å²) >= 11 is 3.37. The first kappa shape index (κ1) is 18.0. The van der Waals surface area contributed by atoms with E-state index in [0.29, 0.717) is 12.3 Å². The second-order valence-electron chi connectivity index (χ2n) is 5.25. The third kappa shape index (κ3) is 6.04. The van der Waals surface area contributed by atoms with Gasteiger partial charge in [0.1, 0.15) is 5.75 Å². The Balaban J connectivity index is 1.71. The summed E-state index contributed by atoms with van der Waals surface area (Å²) < 4.78 is 6.32. The topological polar surface area (TPSA) is 58.6 Å². The molecule has 2 aromatic rings. The molecule has 0 saturated heterocycles. The number of amides is 2. The van der Waals surface area contributed by atoms with E-state index in [9.17, 15) is 9.59 Å². The zero-order valence-electron chi connectivity index (χ0n) is 13.4. The van der Waals surface area contributed by atoms with Crippen molar-refractivity contribution in [3.63, 3.8) is 0 Å². The second kappa shape index (κ2) is 9.08. The molecule has 0 bridgehead atoms. The Morgan fingerprint density at radius 1 is 1.08 bits per heavy atom. The van der Waals surface area contributed by atoms with Gasteiger partial charge in [0.25, 0.3) is 5.91 Å². The highest BCUT2D eigenvalue weighted by Crippen LogP contribution is 2.11. The van der Waals surface area contributed by atoms with Gasteiger partial charge in [-0.2, -0.15) is 0 Å². The lowest BCUT2D eigenvalue weighted by Gasteiger charge is -2.17. The quantitative estimate of drug-likeness (QED) is 0.790. The normalized spacial score (nSPS) is 10.1. The molecule has 0 aliphatic carbocycles. The molecule has 2 aromatic carbocycles. The zero-order valence-corrected chi connectivity index (χ0v) is 15.0. The number of halogens is 1. The highest BCUT2D eigenvalue weighted by molar-refractivity contribution is 9.10. The molecule has 0 heterocycles. The molecular weight excluding hydrogens is 372 g/mol. The first-order valence-electron chi connectivity index (χ1n) is 7.47. The Kier molecular flexibility index (Phi) is 6.81. The van der Waals surface area contributed by atoms with Crippen molar-refractivity contribution < 1.29 is 14.3 Å². The minimum atomic E-state index is -0.329. The Morgan fingerprint density at radius 3 is 2.42 bits per heavy atom. The predicted octanol–water partition coefficient (Wildman–Crippen LogP) is 2.60. The molecule has 6 heteroatoms. The molecule has 5 nitrogen and oxygen atoms in total. The number of benzene rings is 2. The second-order valence-corrected chi connectivity index (χ2v) is 6.17. The molecular formula is C18H19BrN2O3. The molecule has 0 aromatic heterocycles. The number of hydrogen-bond donors (Lipinski definition) is 1. The van der Waals surface area contributed by atoms with Crippen molar-refractivity contribution in [2.75, 3.05) is 20.2 Å². The summed E-state index contributed by atoms with van der Waals surface area (Å²) in [5, 5.41) is 2.57. The molecule has 0 atom stereocenters.